The second-order valence-electron chi connectivity index (χ2n) is 4.10. The van der Waals surface area contributed by atoms with E-state index in [1.165, 1.54) is 0 Å². The normalized spacial score (nSPS) is 12.2. The van der Waals surface area contributed by atoms with Gasteiger partial charge in [-0.05, 0) is 36.8 Å². The summed E-state index contributed by atoms with van der Waals surface area (Å²) in [6.07, 6.45) is 0. The van der Waals surface area contributed by atoms with E-state index >= 15 is 0 Å². The van der Waals surface area contributed by atoms with Gasteiger partial charge in [0.15, 0.2) is 5.82 Å². The molecule has 1 unspecified atom stereocenters. The fourth-order valence-electron chi connectivity index (χ4n) is 1.70. The van der Waals surface area contributed by atoms with E-state index in [-0.39, 0.29) is 6.04 Å². The maximum Gasteiger partial charge on any atom is 0.151 e. The molecular formula is C13H12Cl3N3. The molecule has 0 amide bonds. The molecular weight excluding hydrogens is 305 g/mol. The Labute approximate surface area is 126 Å². The minimum Gasteiger partial charge on any atom is -0.396 e. The van der Waals surface area contributed by atoms with Crippen LogP contribution in [0, 0.1) is 0 Å². The Morgan fingerprint density at radius 2 is 1.89 bits per heavy atom. The second-order valence-corrected chi connectivity index (χ2v) is 5.33. The Balaban J connectivity index is 2.25. The van der Waals surface area contributed by atoms with Crippen molar-refractivity contribution in [1.82, 2.24) is 4.98 Å². The van der Waals surface area contributed by atoms with Crippen molar-refractivity contribution in [2.45, 2.75) is 13.0 Å². The van der Waals surface area contributed by atoms with Crippen molar-refractivity contribution in [2.75, 3.05) is 11.1 Å². The third kappa shape index (κ3) is 3.44. The number of anilines is 2. The van der Waals surface area contributed by atoms with Crippen molar-refractivity contribution in [1.29, 1.82) is 0 Å². The highest BCUT2D eigenvalue weighted by molar-refractivity contribution is 6.35. The molecule has 3 nitrogen and oxygen atoms in total. The molecule has 19 heavy (non-hydrogen) atoms. The maximum atomic E-state index is 6.16. The Morgan fingerprint density at radius 1 is 1.16 bits per heavy atom. The van der Waals surface area contributed by atoms with Gasteiger partial charge < -0.3 is 11.1 Å². The zero-order chi connectivity index (χ0) is 14.0. The van der Waals surface area contributed by atoms with Crippen LogP contribution in [0.5, 0.6) is 0 Å². The summed E-state index contributed by atoms with van der Waals surface area (Å²) < 4.78 is 0. The summed E-state index contributed by atoms with van der Waals surface area (Å²) >= 11 is 17.9. The van der Waals surface area contributed by atoms with Gasteiger partial charge in [0.2, 0.25) is 0 Å². The Hall–Kier alpha value is -1.16. The number of hydrogen-bond acceptors (Lipinski definition) is 3. The Bertz CT molecular complexity index is 602. The van der Waals surface area contributed by atoms with Crippen LogP contribution in [0.3, 0.4) is 0 Å². The van der Waals surface area contributed by atoms with Crippen molar-refractivity contribution in [3.8, 4) is 0 Å². The highest BCUT2D eigenvalue weighted by Gasteiger charge is 2.12. The number of nitrogens with zero attached hydrogens (tertiary/aromatic N) is 1. The van der Waals surface area contributed by atoms with Crippen LogP contribution in [0.25, 0.3) is 0 Å². The molecule has 100 valence electrons. The van der Waals surface area contributed by atoms with Crippen LogP contribution >= 0.6 is 34.8 Å². The van der Waals surface area contributed by atoms with Crippen LogP contribution in [-0.2, 0) is 0 Å². The molecule has 1 heterocycles. The van der Waals surface area contributed by atoms with Crippen molar-refractivity contribution in [3.05, 3.63) is 51.1 Å². The average Bonchev–Trinajstić information content (AvgIpc) is 2.33. The molecule has 0 aliphatic rings. The second kappa shape index (κ2) is 5.87. The standard InChI is InChI=1S/C13H12Cl3N3/c1-7(9-3-2-8(14)6-10(9)15)18-13-11(17)4-5-12(16)19-13/h2-7H,17H2,1H3,(H,18,19). The molecule has 2 rings (SSSR count). The molecule has 0 radical (unpaired) electrons. The molecule has 1 aromatic carbocycles. The molecule has 0 aliphatic carbocycles. The van der Waals surface area contributed by atoms with E-state index in [9.17, 15) is 0 Å². The van der Waals surface area contributed by atoms with Crippen LogP contribution in [0.1, 0.15) is 18.5 Å². The molecule has 1 aromatic heterocycles. The monoisotopic (exact) mass is 315 g/mol. The zero-order valence-electron chi connectivity index (χ0n) is 10.1. The first kappa shape index (κ1) is 14.3. The van der Waals surface area contributed by atoms with E-state index in [2.05, 4.69) is 10.3 Å². The summed E-state index contributed by atoms with van der Waals surface area (Å²) in [7, 11) is 0. The molecule has 2 aromatic rings. The van der Waals surface area contributed by atoms with Crippen molar-refractivity contribution in [3.63, 3.8) is 0 Å². The van der Waals surface area contributed by atoms with Gasteiger partial charge in [-0.15, -0.1) is 0 Å². The zero-order valence-corrected chi connectivity index (χ0v) is 12.4. The lowest BCUT2D eigenvalue weighted by Gasteiger charge is -2.17. The van der Waals surface area contributed by atoms with Gasteiger partial charge in [0, 0.05) is 10.0 Å². The van der Waals surface area contributed by atoms with E-state index in [1.54, 1.807) is 24.3 Å². The Morgan fingerprint density at radius 3 is 2.58 bits per heavy atom. The fourth-order valence-corrected chi connectivity index (χ4v) is 2.42. The van der Waals surface area contributed by atoms with Gasteiger partial charge in [0.25, 0.3) is 0 Å². The number of nitrogen functional groups attached to an aromatic ring is 1. The van der Waals surface area contributed by atoms with Crippen LogP contribution in [0.15, 0.2) is 30.3 Å². The van der Waals surface area contributed by atoms with E-state index in [1.807, 2.05) is 13.0 Å². The highest BCUT2D eigenvalue weighted by atomic mass is 35.5. The van der Waals surface area contributed by atoms with Crippen LogP contribution in [0.4, 0.5) is 11.5 Å². The molecule has 0 fully saturated rings. The van der Waals surface area contributed by atoms with Crippen LogP contribution < -0.4 is 11.1 Å². The number of nitrogens with two attached hydrogens (primary N) is 1. The molecule has 0 aliphatic heterocycles. The molecule has 0 spiro atoms. The molecule has 0 saturated carbocycles. The van der Waals surface area contributed by atoms with Crippen molar-refractivity contribution in [2.24, 2.45) is 0 Å². The van der Waals surface area contributed by atoms with Gasteiger partial charge in [0.05, 0.1) is 11.7 Å². The molecule has 0 saturated heterocycles. The number of aromatic nitrogens is 1. The van der Waals surface area contributed by atoms with E-state index < -0.39 is 0 Å². The average molecular weight is 317 g/mol. The van der Waals surface area contributed by atoms with E-state index in [0.717, 1.165) is 5.56 Å². The summed E-state index contributed by atoms with van der Waals surface area (Å²) in [5.41, 5.74) is 7.28. The summed E-state index contributed by atoms with van der Waals surface area (Å²) in [6.45, 7) is 1.96. The molecule has 0 bridgehead atoms. The molecule has 6 heteroatoms. The third-order valence-electron chi connectivity index (χ3n) is 2.67. The lowest BCUT2D eigenvalue weighted by molar-refractivity contribution is 0.876. The van der Waals surface area contributed by atoms with Crippen LogP contribution in [0.2, 0.25) is 15.2 Å². The smallest absolute Gasteiger partial charge is 0.151 e. The summed E-state index contributed by atoms with van der Waals surface area (Å²) in [5.74, 6) is 0.533. The minimum atomic E-state index is -0.0713. The van der Waals surface area contributed by atoms with Gasteiger partial charge in [-0.25, -0.2) is 4.98 Å². The van der Waals surface area contributed by atoms with Crippen molar-refractivity contribution < 1.29 is 0 Å². The first-order valence-corrected chi connectivity index (χ1v) is 6.74. The predicted octanol–water partition coefficient (Wildman–Crippen LogP) is 4.80. The lowest BCUT2D eigenvalue weighted by atomic mass is 10.1. The van der Waals surface area contributed by atoms with Gasteiger partial charge in [-0.3, -0.25) is 0 Å². The summed E-state index contributed by atoms with van der Waals surface area (Å²) in [4.78, 5) is 4.15. The molecule has 3 N–H and O–H groups in total. The summed E-state index contributed by atoms with van der Waals surface area (Å²) in [6, 6.07) is 8.62. The number of benzene rings is 1. The Kier molecular flexibility index (Phi) is 4.40. The molecule has 1 atom stereocenters. The first-order valence-electron chi connectivity index (χ1n) is 5.61. The minimum absolute atomic E-state index is 0.0713. The number of halogens is 3. The fraction of sp³-hybridized carbons (Fsp3) is 0.154. The lowest BCUT2D eigenvalue weighted by Crippen LogP contribution is -2.10. The van der Waals surface area contributed by atoms with Crippen LogP contribution in [-0.4, -0.2) is 4.98 Å². The van der Waals surface area contributed by atoms with Gasteiger partial charge in [0.1, 0.15) is 5.15 Å². The third-order valence-corrected chi connectivity index (χ3v) is 3.45. The number of rotatable bonds is 3. The first-order chi connectivity index (χ1) is 8.97. The van der Waals surface area contributed by atoms with Gasteiger partial charge in [-0.1, -0.05) is 40.9 Å². The van der Waals surface area contributed by atoms with E-state index in [0.29, 0.717) is 26.7 Å². The van der Waals surface area contributed by atoms with Gasteiger partial charge in [-0.2, -0.15) is 0 Å². The highest BCUT2D eigenvalue weighted by Crippen LogP contribution is 2.29. The van der Waals surface area contributed by atoms with Crippen molar-refractivity contribution >= 4 is 46.3 Å². The largest absolute Gasteiger partial charge is 0.396 e. The SMILES string of the molecule is CC(Nc1nc(Cl)ccc1N)c1ccc(Cl)cc1Cl. The number of nitrogens with one attached hydrogen (secondary N) is 1. The maximum absolute atomic E-state index is 6.16. The number of hydrogen-bond donors (Lipinski definition) is 2. The number of pyridine rings is 1. The topological polar surface area (TPSA) is 50.9 Å². The predicted molar refractivity (Wildman–Crippen MR) is 82.2 cm³/mol. The van der Waals surface area contributed by atoms with Gasteiger partial charge >= 0.3 is 0 Å². The summed E-state index contributed by atoms with van der Waals surface area (Å²) in [5, 5.41) is 4.75. The quantitative estimate of drug-likeness (QED) is 0.800. The van der Waals surface area contributed by atoms with E-state index in [4.69, 9.17) is 40.5 Å².